The summed E-state index contributed by atoms with van der Waals surface area (Å²) in [4.78, 5) is 10.7. The molecule has 0 saturated heterocycles. The van der Waals surface area contributed by atoms with E-state index in [-0.39, 0.29) is 17.1 Å². The Bertz CT molecular complexity index is 819. The molecule has 28 heavy (non-hydrogen) atoms. The number of nitrogens with zero attached hydrogens (tertiary/aromatic N) is 3. The predicted molar refractivity (Wildman–Crippen MR) is 112 cm³/mol. The molecule has 0 aliphatic rings. The van der Waals surface area contributed by atoms with Gasteiger partial charge in [0.1, 0.15) is 11.4 Å². The highest BCUT2D eigenvalue weighted by atomic mass is 16.6. The minimum Gasteiger partial charge on any atom is -0.505 e. The van der Waals surface area contributed by atoms with E-state index in [0.717, 1.165) is 62.5 Å². The molecule has 0 aliphatic heterocycles. The topological polar surface area (TPSA) is 88.1 Å². The van der Waals surface area contributed by atoms with Gasteiger partial charge in [-0.25, -0.2) is 0 Å². The molecule has 0 atom stereocenters. The third-order valence-electron chi connectivity index (χ3n) is 4.69. The lowest BCUT2D eigenvalue weighted by Crippen LogP contribution is -1.92. The summed E-state index contributed by atoms with van der Waals surface area (Å²) in [6.07, 6.45) is 8.30. The molecule has 2 aromatic rings. The minimum atomic E-state index is -0.481. The van der Waals surface area contributed by atoms with Crippen molar-refractivity contribution in [2.75, 3.05) is 0 Å². The molecule has 0 aliphatic carbocycles. The van der Waals surface area contributed by atoms with Crippen LogP contribution in [0, 0.1) is 10.1 Å². The van der Waals surface area contributed by atoms with Gasteiger partial charge in [0, 0.05) is 6.07 Å². The van der Waals surface area contributed by atoms with Crippen LogP contribution in [-0.4, -0.2) is 10.0 Å². The zero-order chi connectivity index (χ0) is 20.4. The lowest BCUT2D eigenvalue weighted by atomic mass is 9.99. The van der Waals surface area contributed by atoms with Gasteiger partial charge in [-0.15, -0.1) is 10.2 Å². The third kappa shape index (κ3) is 6.15. The minimum absolute atomic E-state index is 0.104. The van der Waals surface area contributed by atoms with E-state index < -0.39 is 4.92 Å². The van der Waals surface area contributed by atoms with Crippen molar-refractivity contribution in [1.29, 1.82) is 0 Å². The van der Waals surface area contributed by atoms with Crippen molar-refractivity contribution >= 4 is 17.1 Å². The van der Waals surface area contributed by atoms with Gasteiger partial charge in [-0.05, 0) is 48.9 Å². The maximum Gasteiger partial charge on any atom is 0.296 e. The second-order valence-corrected chi connectivity index (χ2v) is 6.98. The van der Waals surface area contributed by atoms with Crippen LogP contribution in [0.15, 0.2) is 46.6 Å². The Morgan fingerprint density at radius 3 is 2.25 bits per heavy atom. The molecule has 0 fully saturated rings. The molecule has 0 saturated carbocycles. The number of phenols is 1. The fraction of sp³-hybridized carbons (Fsp3) is 0.455. The van der Waals surface area contributed by atoms with Crippen LogP contribution in [0.1, 0.15) is 63.5 Å². The zero-order valence-electron chi connectivity index (χ0n) is 16.7. The number of aryl methyl sites for hydroxylation is 2. The smallest absolute Gasteiger partial charge is 0.296 e. The van der Waals surface area contributed by atoms with E-state index in [1.807, 2.05) is 6.07 Å². The van der Waals surface area contributed by atoms with Gasteiger partial charge in [0.25, 0.3) is 5.69 Å². The van der Waals surface area contributed by atoms with E-state index in [9.17, 15) is 15.2 Å². The Kier molecular flexibility index (Phi) is 8.59. The number of azo groups is 1. The number of phenolic OH excluding ortho intramolecular Hbond substituents is 1. The Labute approximate surface area is 166 Å². The Hall–Kier alpha value is -2.76. The van der Waals surface area contributed by atoms with E-state index in [2.05, 4.69) is 30.1 Å². The average molecular weight is 383 g/mol. The molecule has 0 aromatic heterocycles. The van der Waals surface area contributed by atoms with Gasteiger partial charge in [0.05, 0.1) is 4.92 Å². The lowest BCUT2D eigenvalue weighted by molar-refractivity contribution is -0.384. The number of hydrogen-bond donors (Lipinski definition) is 1. The van der Waals surface area contributed by atoms with Gasteiger partial charge in [0.15, 0.2) is 5.69 Å². The maximum atomic E-state index is 11.2. The number of hydrogen-bond acceptors (Lipinski definition) is 5. The monoisotopic (exact) mass is 383 g/mol. The molecule has 0 unspecified atom stereocenters. The molecule has 6 nitrogen and oxygen atoms in total. The first-order valence-corrected chi connectivity index (χ1v) is 10.1. The highest BCUT2D eigenvalue weighted by Gasteiger charge is 2.13. The zero-order valence-corrected chi connectivity index (χ0v) is 16.7. The van der Waals surface area contributed by atoms with Crippen LogP contribution in [0.25, 0.3) is 0 Å². The molecule has 150 valence electrons. The standard InChI is InChI=1S/C22H29N3O3/c1-3-5-7-11-17-15-18(12-8-6-4-2)22(26)20(16-17)24-23-19-13-9-10-14-21(19)25(27)28/h9-10,13-16,26H,3-8,11-12H2,1-2H3. The molecule has 0 spiro atoms. The Morgan fingerprint density at radius 1 is 0.929 bits per heavy atom. The summed E-state index contributed by atoms with van der Waals surface area (Å²) in [5.41, 5.74) is 2.44. The van der Waals surface area contributed by atoms with Crippen LogP contribution in [0.5, 0.6) is 5.75 Å². The SMILES string of the molecule is CCCCCc1cc(CCCCC)c(O)c(N=Nc2ccccc2[N+](=O)[O-])c1. The van der Waals surface area contributed by atoms with E-state index in [4.69, 9.17) is 0 Å². The number of aromatic hydroxyl groups is 1. The summed E-state index contributed by atoms with van der Waals surface area (Å²) < 4.78 is 0. The van der Waals surface area contributed by atoms with Gasteiger partial charge in [-0.1, -0.05) is 57.7 Å². The molecule has 0 radical (unpaired) electrons. The van der Waals surface area contributed by atoms with Crippen LogP contribution < -0.4 is 0 Å². The number of unbranched alkanes of at least 4 members (excludes halogenated alkanes) is 4. The van der Waals surface area contributed by atoms with Gasteiger partial charge < -0.3 is 5.11 Å². The maximum absolute atomic E-state index is 11.2. The van der Waals surface area contributed by atoms with Crippen molar-refractivity contribution in [3.05, 3.63) is 57.6 Å². The van der Waals surface area contributed by atoms with E-state index in [1.165, 1.54) is 6.07 Å². The molecular formula is C22H29N3O3. The van der Waals surface area contributed by atoms with Crippen molar-refractivity contribution in [2.45, 2.75) is 65.2 Å². The molecule has 1 N–H and O–H groups in total. The van der Waals surface area contributed by atoms with E-state index in [0.29, 0.717) is 5.69 Å². The summed E-state index contributed by atoms with van der Waals surface area (Å²) in [5.74, 6) is 0.123. The van der Waals surface area contributed by atoms with Crippen molar-refractivity contribution < 1.29 is 10.0 Å². The van der Waals surface area contributed by atoms with Crippen molar-refractivity contribution in [3.8, 4) is 5.75 Å². The highest BCUT2D eigenvalue weighted by molar-refractivity contribution is 5.60. The van der Waals surface area contributed by atoms with Crippen LogP contribution in [0.4, 0.5) is 17.1 Å². The van der Waals surface area contributed by atoms with Gasteiger partial charge in [-0.2, -0.15) is 0 Å². The Balaban J connectivity index is 2.33. The van der Waals surface area contributed by atoms with E-state index >= 15 is 0 Å². The molecule has 0 heterocycles. The first kappa shape index (κ1) is 21.5. The molecule has 2 rings (SSSR count). The van der Waals surface area contributed by atoms with Gasteiger partial charge in [0.2, 0.25) is 0 Å². The number of para-hydroxylation sites is 1. The van der Waals surface area contributed by atoms with Crippen LogP contribution >= 0.6 is 0 Å². The fourth-order valence-electron chi connectivity index (χ4n) is 3.11. The Morgan fingerprint density at radius 2 is 1.57 bits per heavy atom. The van der Waals surface area contributed by atoms with Crippen molar-refractivity contribution in [3.63, 3.8) is 0 Å². The summed E-state index contributed by atoms with van der Waals surface area (Å²) in [7, 11) is 0. The van der Waals surface area contributed by atoms with Gasteiger partial charge in [-0.3, -0.25) is 10.1 Å². The molecule has 0 bridgehead atoms. The fourth-order valence-corrected chi connectivity index (χ4v) is 3.11. The second-order valence-electron chi connectivity index (χ2n) is 6.98. The molecule has 6 heteroatoms. The largest absolute Gasteiger partial charge is 0.505 e. The first-order valence-electron chi connectivity index (χ1n) is 10.1. The van der Waals surface area contributed by atoms with Crippen LogP contribution in [-0.2, 0) is 12.8 Å². The average Bonchev–Trinajstić information content (AvgIpc) is 2.69. The summed E-state index contributed by atoms with van der Waals surface area (Å²) >= 11 is 0. The van der Waals surface area contributed by atoms with Crippen LogP contribution in [0.2, 0.25) is 0 Å². The third-order valence-corrected chi connectivity index (χ3v) is 4.69. The normalized spacial score (nSPS) is 11.2. The second kappa shape index (κ2) is 11.2. The quantitative estimate of drug-likeness (QED) is 0.193. The molecule has 2 aromatic carbocycles. The lowest BCUT2D eigenvalue weighted by Gasteiger charge is -2.10. The van der Waals surface area contributed by atoms with Crippen molar-refractivity contribution in [1.82, 2.24) is 0 Å². The van der Waals surface area contributed by atoms with Crippen molar-refractivity contribution in [2.24, 2.45) is 10.2 Å². The predicted octanol–water partition coefficient (Wildman–Crippen LogP) is 7.18. The summed E-state index contributed by atoms with van der Waals surface area (Å²) in [6, 6.07) is 10.1. The van der Waals surface area contributed by atoms with Crippen LogP contribution in [0.3, 0.4) is 0 Å². The highest BCUT2D eigenvalue weighted by Crippen LogP contribution is 2.36. The number of rotatable bonds is 11. The summed E-state index contributed by atoms with van der Waals surface area (Å²) in [5, 5.41) is 30.0. The van der Waals surface area contributed by atoms with Gasteiger partial charge >= 0.3 is 0 Å². The summed E-state index contributed by atoms with van der Waals surface area (Å²) in [6.45, 7) is 4.31. The van der Waals surface area contributed by atoms with E-state index in [1.54, 1.807) is 18.2 Å². The first-order chi connectivity index (χ1) is 13.6. The molecule has 0 amide bonds. The number of nitro benzene ring substituents is 1. The number of nitro groups is 1. The number of benzene rings is 2. The molecular weight excluding hydrogens is 354 g/mol.